The SMILES string of the molecule is CCCCCCCCCCCCC(C)(Cl)C(=O)O.I. The Balaban J connectivity index is 0. The number of alkyl halides is 1. The first-order valence-electron chi connectivity index (χ1n) is 7.43. The van der Waals surface area contributed by atoms with Crippen LogP contribution in [0.2, 0.25) is 0 Å². The molecule has 0 aliphatic carbocycles. The van der Waals surface area contributed by atoms with Crippen LogP contribution in [-0.4, -0.2) is 16.0 Å². The number of rotatable bonds is 12. The lowest BCUT2D eigenvalue weighted by Crippen LogP contribution is -2.28. The third kappa shape index (κ3) is 13.2. The summed E-state index contributed by atoms with van der Waals surface area (Å²) in [6, 6.07) is 0. The first-order chi connectivity index (χ1) is 8.50. The number of halogens is 2. The van der Waals surface area contributed by atoms with Gasteiger partial charge in [-0.3, -0.25) is 4.79 Å². The van der Waals surface area contributed by atoms with E-state index >= 15 is 0 Å². The Labute approximate surface area is 140 Å². The molecule has 1 N–H and O–H groups in total. The molecule has 1 atom stereocenters. The van der Waals surface area contributed by atoms with Gasteiger partial charge in [0.15, 0.2) is 0 Å². The van der Waals surface area contributed by atoms with Crippen molar-refractivity contribution >= 4 is 41.5 Å². The molecule has 116 valence electrons. The third-order valence-corrected chi connectivity index (χ3v) is 3.80. The second-order valence-electron chi connectivity index (χ2n) is 5.43. The van der Waals surface area contributed by atoms with Crippen molar-refractivity contribution in [1.29, 1.82) is 0 Å². The van der Waals surface area contributed by atoms with Gasteiger partial charge in [0, 0.05) is 0 Å². The van der Waals surface area contributed by atoms with Crippen molar-refractivity contribution in [2.45, 2.75) is 89.4 Å². The molecule has 0 rings (SSSR count). The molecular weight excluding hydrogens is 375 g/mol. The maximum atomic E-state index is 10.8. The van der Waals surface area contributed by atoms with Gasteiger partial charge >= 0.3 is 5.97 Å². The molecule has 0 aliphatic heterocycles. The van der Waals surface area contributed by atoms with Crippen LogP contribution in [0, 0.1) is 0 Å². The zero-order valence-electron chi connectivity index (χ0n) is 12.4. The maximum absolute atomic E-state index is 10.8. The summed E-state index contributed by atoms with van der Waals surface area (Å²) in [5.41, 5.74) is 0. The molecule has 0 aromatic rings. The van der Waals surface area contributed by atoms with Crippen molar-refractivity contribution in [2.75, 3.05) is 0 Å². The Bertz CT molecular complexity index is 220. The molecule has 0 heterocycles. The Hall–Kier alpha value is 0.490. The molecule has 0 fully saturated rings. The molecule has 0 amide bonds. The Morgan fingerprint density at radius 3 is 1.68 bits per heavy atom. The molecule has 0 saturated heterocycles. The van der Waals surface area contributed by atoms with Gasteiger partial charge in [0.25, 0.3) is 0 Å². The van der Waals surface area contributed by atoms with E-state index in [0.29, 0.717) is 6.42 Å². The molecule has 0 aromatic carbocycles. The number of carboxylic acids is 1. The van der Waals surface area contributed by atoms with Gasteiger partial charge in [0.05, 0.1) is 0 Å². The normalized spacial score (nSPS) is 13.6. The van der Waals surface area contributed by atoms with E-state index in [-0.39, 0.29) is 24.0 Å². The second kappa shape index (κ2) is 13.5. The average molecular weight is 405 g/mol. The lowest BCUT2D eigenvalue weighted by Gasteiger charge is -2.15. The van der Waals surface area contributed by atoms with Crippen molar-refractivity contribution in [3.8, 4) is 0 Å². The van der Waals surface area contributed by atoms with E-state index in [1.54, 1.807) is 6.92 Å². The van der Waals surface area contributed by atoms with Gasteiger partial charge < -0.3 is 5.11 Å². The van der Waals surface area contributed by atoms with Crippen LogP contribution in [0.5, 0.6) is 0 Å². The van der Waals surface area contributed by atoms with E-state index in [2.05, 4.69) is 6.92 Å². The third-order valence-electron chi connectivity index (χ3n) is 3.45. The van der Waals surface area contributed by atoms with Gasteiger partial charge in [0.2, 0.25) is 0 Å². The highest BCUT2D eigenvalue weighted by Crippen LogP contribution is 2.23. The average Bonchev–Trinajstić information content (AvgIpc) is 2.31. The molecule has 0 aromatic heterocycles. The van der Waals surface area contributed by atoms with E-state index in [9.17, 15) is 4.79 Å². The van der Waals surface area contributed by atoms with Crippen LogP contribution < -0.4 is 0 Å². The summed E-state index contributed by atoms with van der Waals surface area (Å²) in [5.74, 6) is -0.903. The zero-order valence-corrected chi connectivity index (χ0v) is 15.5. The molecule has 4 heteroatoms. The van der Waals surface area contributed by atoms with E-state index in [1.807, 2.05) is 0 Å². The highest BCUT2D eigenvalue weighted by molar-refractivity contribution is 14.0. The maximum Gasteiger partial charge on any atom is 0.324 e. The number of hydrogen-bond donors (Lipinski definition) is 1. The minimum absolute atomic E-state index is 0. The number of unbranched alkanes of at least 4 members (excludes halogenated alkanes) is 9. The first kappa shape index (κ1) is 21.8. The fraction of sp³-hybridized carbons (Fsp3) is 0.933. The van der Waals surface area contributed by atoms with Crippen molar-refractivity contribution < 1.29 is 9.90 Å². The van der Waals surface area contributed by atoms with E-state index in [0.717, 1.165) is 12.8 Å². The number of aliphatic carboxylic acids is 1. The van der Waals surface area contributed by atoms with Crippen LogP contribution in [0.4, 0.5) is 0 Å². The van der Waals surface area contributed by atoms with Gasteiger partial charge in [-0.05, 0) is 13.3 Å². The van der Waals surface area contributed by atoms with Crippen LogP contribution >= 0.6 is 35.6 Å². The summed E-state index contributed by atoms with van der Waals surface area (Å²) in [4.78, 5) is 9.71. The van der Waals surface area contributed by atoms with Crippen molar-refractivity contribution in [1.82, 2.24) is 0 Å². The fourth-order valence-corrected chi connectivity index (χ4v) is 2.18. The topological polar surface area (TPSA) is 37.3 Å². The summed E-state index contributed by atoms with van der Waals surface area (Å²) in [6.07, 6.45) is 13.2. The van der Waals surface area contributed by atoms with Crippen LogP contribution in [0.1, 0.15) is 84.5 Å². The van der Waals surface area contributed by atoms with Crippen molar-refractivity contribution in [2.24, 2.45) is 0 Å². The fourth-order valence-electron chi connectivity index (χ4n) is 2.05. The lowest BCUT2D eigenvalue weighted by molar-refractivity contribution is -0.139. The van der Waals surface area contributed by atoms with E-state index in [1.165, 1.54) is 51.4 Å². The summed E-state index contributed by atoms with van der Waals surface area (Å²) < 4.78 is 0. The first-order valence-corrected chi connectivity index (χ1v) is 7.81. The summed E-state index contributed by atoms with van der Waals surface area (Å²) in [7, 11) is 0. The predicted octanol–water partition coefficient (Wildman–Crippen LogP) is 6.00. The molecule has 0 radical (unpaired) electrons. The predicted molar refractivity (Wildman–Crippen MR) is 93.8 cm³/mol. The minimum Gasteiger partial charge on any atom is -0.480 e. The van der Waals surface area contributed by atoms with Gasteiger partial charge in [-0.1, -0.05) is 71.1 Å². The molecule has 0 saturated carbocycles. The van der Waals surface area contributed by atoms with Crippen LogP contribution in [0.25, 0.3) is 0 Å². The van der Waals surface area contributed by atoms with E-state index < -0.39 is 10.8 Å². The molecule has 0 spiro atoms. The number of carbonyl (C=O) groups is 1. The largest absolute Gasteiger partial charge is 0.480 e. The standard InChI is InChI=1S/C15H29ClO2.HI/c1-3-4-5-6-7-8-9-10-11-12-13-15(2,16)14(17)18;/h3-13H2,1-2H3,(H,17,18);1H. The molecule has 0 bridgehead atoms. The quantitative estimate of drug-likeness (QED) is 0.246. The van der Waals surface area contributed by atoms with Crippen LogP contribution in [0.3, 0.4) is 0 Å². The minimum atomic E-state index is -1.07. The molecular formula is C15H30ClIO2. The summed E-state index contributed by atoms with van der Waals surface area (Å²) in [5, 5.41) is 8.85. The second-order valence-corrected chi connectivity index (χ2v) is 6.27. The van der Waals surface area contributed by atoms with Crippen LogP contribution in [0.15, 0.2) is 0 Å². The smallest absolute Gasteiger partial charge is 0.324 e. The Morgan fingerprint density at radius 1 is 0.947 bits per heavy atom. The molecule has 0 aliphatic rings. The number of carboxylic acid groups (broad SMARTS) is 1. The highest BCUT2D eigenvalue weighted by Gasteiger charge is 2.29. The van der Waals surface area contributed by atoms with Gasteiger partial charge in [-0.15, -0.1) is 35.6 Å². The zero-order chi connectivity index (χ0) is 13.9. The van der Waals surface area contributed by atoms with Crippen molar-refractivity contribution in [3.05, 3.63) is 0 Å². The van der Waals surface area contributed by atoms with Gasteiger partial charge in [0.1, 0.15) is 4.87 Å². The van der Waals surface area contributed by atoms with E-state index in [4.69, 9.17) is 16.7 Å². The highest BCUT2D eigenvalue weighted by atomic mass is 127. The lowest BCUT2D eigenvalue weighted by atomic mass is 10.0. The van der Waals surface area contributed by atoms with Gasteiger partial charge in [-0.25, -0.2) is 0 Å². The van der Waals surface area contributed by atoms with Crippen LogP contribution in [-0.2, 0) is 4.79 Å². The monoisotopic (exact) mass is 404 g/mol. The molecule has 19 heavy (non-hydrogen) atoms. The summed E-state index contributed by atoms with van der Waals surface area (Å²) >= 11 is 5.88. The Kier molecular flexibility index (Phi) is 15.4. The molecule has 1 unspecified atom stereocenters. The molecule has 2 nitrogen and oxygen atoms in total. The van der Waals surface area contributed by atoms with Gasteiger partial charge in [-0.2, -0.15) is 0 Å². The van der Waals surface area contributed by atoms with Crippen molar-refractivity contribution in [3.63, 3.8) is 0 Å². The summed E-state index contributed by atoms with van der Waals surface area (Å²) in [6.45, 7) is 3.83. The number of hydrogen-bond acceptors (Lipinski definition) is 1. The Morgan fingerprint density at radius 2 is 1.32 bits per heavy atom.